The first-order valence-electron chi connectivity index (χ1n) is 5.58. The number of aromatic carboxylic acids is 1. The Balaban J connectivity index is 2.00. The van der Waals surface area contributed by atoms with Gasteiger partial charge in [0.05, 0.1) is 12.2 Å². The number of carboxylic acids is 1. The van der Waals surface area contributed by atoms with Gasteiger partial charge in [-0.2, -0.15) is 5.10 Å². The van der Waals surface area contributed by atoms with Crippen LogP contribution >= 0.6 is 11.3 Å². The van der Waals surface area contributed by atoms with Gasteiger partial charge < -0.3 is 10.4 Å². The van der Waals surface area contributed by atoms with Gasteiger partial charge in [0.25, 0.3) is 5.91 Å². The lowest BCUT2D eigenvalue weighted by Crippen LogP contribution is -2.24. The summed E-state index contributed by atoms with van der Waals surface area (Å²) in [4.78, 5) is 23.7. The van der Waals surface area contributed by atoms with E-state index in [1.165, 1.54) is 10.7 Å². The molecule has 0 unspecified atom stereocenters. The Kier molecular flexibility index (Phi) is 3.66. The number of thiophene rings is 1. The van der Waals surface area contributed by atoms with Crippen molar-refractivity contribution in [1.82, 2.24) is 15.1 Å². The van der Waals surface area contributed by atoms with Crippen molar-refractivity contribution >= 4 is 23.2 Å². The molecule has 0 spiro atoms. The van der Waals surface area contributed by atoms with Crippen molar-refractivity contribution in [2.45, 2.75) is 13.5 Å². The van der Waals surface area contributed by atoms with Crippen LogP contribution in [0.3, 0.4) is 0 Å². The average molecular weight is 279 g/mol. The zero-order valence-electron chi connectivity index (χ0n) is 10.5. The molecule has 0 fully saturated rings. The first kappa shape index (κ1) is 13.3. The van der Waals surface area contributed by atoms with Crippen LogP contribution in [0, 0.1) is 6.92 Å². The van der Waals surface area contributed by atoms with E-state index in [2.05, 4.69) is 10.4 Å². The fourth-order valence-corrected chi connectivity index (χ4v) is 2.46. The third-order valence-corrected chi connectivity index (χ3v) is 3.60. The number of aromatic nitrogens is 2. The number of carbonyl (C=O) groups is 2. The van der Waals surface area contributed by atoms with Gasteiger partial charge in [-0.1, -0.05) is 0 Å². The molecule has 0 saturated carbocycles. The third-order valence-electron chi connectivity index (χ3n) is 2.53. The van der Waals surface area contributed by atoms with E-state index in [0.29, 0.717) is 12.2 Å². The number of hydrogen-bond acceptors (Lipinski definition) is 4. The van der Waals surface area contributed by atoms with Crippen LogP contribution in [-0.2, 0) is 13.6 Å². The van der Waals surface area contributed by atoms with Gasteiger partial charge in [0.2, 0.25) is 0 Å². The van der Waals surface area contributed by atoms with Crippen molar-refractivity contribution in [3.8, 4) is 0 Å². The van der Waals surface area contributed by atoms with E-state index in [1.807, 2.05) is 6.92 Å². The van der Waals surface area contributed by atoms with Gasteiger partial charge in [0.15, 0.2) is 0 Å². The van der Waals surface area contributed by atoms with Crippen LogP contribution < -0.4 is 5.32 Å². The molecule has 2 heterocycles. The highest BCUT2D eigenvalue weighted by atomic mass is 32.1. The quantitative estimate of drug-likeness (QED) is 0.886. The van der Waals surface area contributed by atoms with Crippen molar-refractivity contribution in [3.63, 3.8) is 0 Å². The standard InChI is InChI=1S/C12H13N3O3S/c1-7-5-9(15(2)14-7)11(16)13-6-8-3-4-10(19-8)12(17)18/h3-5H,6H2,1-2H3,(H,13,16)(H,17,18). The largest absolute Gasteiger partial charge is 0.477 e. The summed E-state index contributed by atoms with van der Waals surface area (Å²) in [6.07, 6.45) is 0. The van der Waals surface area contributed by atoms with Crippen LogP contribution in [0.1, 0.15) is 30.7 Å². The second-order valence-electron chi connectivity index (χ2n) is 4.05. The monoisotopic (exact) mass is 279 g/mol. The second kappa shape index (κ2) is 5.23. The number of hydrogen-bond donors (Lipinski definition) is 2. The van der Waals surface area contributed by atoms with E-state index in [9.17, 15) is 9.59 Å². The third kappa shape index (κ3) is 3.00. The van der Waals surface area contributed by atoms with Gasteiger partial charge in [0.1, 0.15) is 10.6 Å². The molecule has 0 saturated heterocycles. The maximum atomic E-state index is 11.9. The number of carboxylic acid groups (broad SMARTS) is 1. The summed E-state index contributed by atoms with van der Waals surface area (Å²) in [7, 11) is 1.70. The molecule has 2 N–H and O–H groups in total. The fraction of sp³-hybridized carbons (Fsp3) is 0.250. The van der Waals surface area contributed by atoms with Crippen LogP contribution in [0.4, 0.5) is 0 Å². The van der Waals surface area contributed by atoms with Crippen LogP contribution in [0.25, 0.3) is 0 Å². The number of aryl methyl sites for hydroxylation is 2. The molecule has 0 aliphatic rings. The van der Waals surface area contributed by atoms with Crippen LogP contribution in [0.2, 0.25) is 0 Å². The predicted molar refractivity (Wildman–Crippen MR) is 70.4 cm³/mol. The SMILES string of the molecule is Cc1cc(C(=O)NCc2ccc(C(=O)O)s2)n(C)n1. The van der Waals surface area contributed by atoms with Crippen molar-refractivity contribution in [1.29, 1.82) is 0 Å². The van der Waals surface area contributed by atoms with E-state index in [1.54, 1.807) is 19.2 Å². The molecule has 100 valence electrons. The van der Waals surface area contributed by atoms with Gasteiger partial charge in [-0.25, -0.2) is 4.79 Å². The lowest BCUT2D eigenvalue weighted by Gasteiger charge is -2.03. The minimum absolute atomic E-state index is 0.228. The molecule has 0 aliphatic carbocycles. The van der Waals surface area contributed by atoms with Crippen LogP contribution in [-0.4, -0.2) is 26.8 Å². The minimum Gasteiger partial charge on any atom is -0.477 e. The normalized spacial score (nSPS) is 10.4. The van der Waals surface area contributed by atoms with E-state index < -0.39 is 5.97 Å². The number of nitrogens with one attached hydrogen (secondary N) is 1. The summed E-state index contributed by atoms with van der Waals surface area (Å²) in [5.41, 5.74) is 1.25. The van der Waals surface area contributed by atoms with Crippen molar-refractivity contribution in [2.24, 2.45) is 7.05 Å². The Labute approximate surface area is 113 Å². The molecule has 2 aromatic rings. The van der Waals surface area contributed by atoms with Gasteiger partial charge >= 0.3 is 5.97 Å². The van der Waals surface area contributed by atoms with Gasteiger partial charge in [-0.3, -0.25) is 9.48 Å². The van der Waals surface area contributed by atoms with E-state index in [4.69, 9.17) is 5.11 Å². The van der Waals surface area contributed by atoms with Crippen molar-refractivity contribution in [2.75, 3.05) is 0 Å². The van der Waals surface area contributed by atoms with Crippen molar-refractivity contribution < 1.29 is 14.7 Å². The zero-order valence-corrected chi connectivity index (χ0v) is 11.3. The molecular formula is C12H13N3O3S. The molecule has 19 heavy (non-hydrogen) atoms. The predicted octanol–water partition coefficient (Wildman–Crippen LogP) is 1.42. The molecule has 0 bridgehead atoms. The Hall–Kier alpha value is -2.15. The maximum Gasteiger partial charge on any atom is 0.345 e. The summed E-state index contributed by atoms with van der Waals surface area (Å²) in [6, 6.07) is 4.93. The summed E-state index contributed by atoms with van der Waals surface area (Å²) in [6.45, 7) is 2.12. The van der Waals surface area contributed by atoms with Gasteiger partial charge in [-0.15, -0.1) is 11.3 Å². The lowest BCUT2D eigenvalue weighted by atomic mass is 10.3. The van der Waals surface area contributed by atoms with E-state index in [-0.39, 0.29) is 10.8 Å². The first-order valence-corrected chi connectivity index (χ1v) is 6.40. The summed E-state index contributed by atoms with van der Waals surface area (Å²) in [5, 5.41) is 15.6. The Bertz CT molecular complexity index is 630. The highest BCUT2D eigenvalue weighted by molar-refractivity contribution is 7.13. The smallest absolute Gasteiger partial charge is 0.345 e. The molecular weight excluding hydrogens is 266 g/mol. The molecule has 2 aromatic heterocycles. The van der Waals surface area contributed by atoms with Gasteiger partial charge in [0, 0.05) is 11.9 Å². The second-order valence-corrected chi connectivity index (χ2v) is 5.22. The Morgan fingerprint density at radius 2 is 2.21 bits per heavy atom. The lowest BCUT2D eigenvalue weighted by molar-refractivity contribution is 0.0702. The number of amides is 1. The number of nitrogens with zero attached hydrogens (tertiary/aromatic N) is 2. The molecule has 0 aromatic carbocycles. The van der Waals surface area contributed by atoms with Crippen LogP contribution in [0.5, 0.6) is 0 Å². The molecule has 0 atom stereocenters. The zero-order chi connectivity index (χ0) is 14.0. The first-order chi connectivity index (χ1) is 8.97. The number of rotatable bonds is 4. The minimum atomic E-state index is -0.954. The summed E-state index contributed by atoms with van der Waals surface area (Å²) >= 11 is 1.15. The van der Waals surface area contributed by atoms with E-state index >= 15 is 0 Å². The molecule has 2 rings (SSSR count). The molecule has 6 nitrogen and oxygen atoms in total. The highest BCUT2D eigenvalue weighted by Gasteiger charge is 2.12. The highest BCUT2D eigenvalue weighted by Crippen LogP contribution is 2.16. The molecule has 7 heteroatoms. The average Bonchev–Trinajstić information content (AvgIpc) is 2.93. The summed E-state index contributed by atoms with van der Waals surface area (Å²) in [5.74, 6) is -1.18. The number of carbonyl (C=O) groups excluding carboxylic acids is 1. The van der Waals surface area contributed by atoms with E-state index in [0.717, 1.165) is 21.9 Å². The maximum absolute atomic E-state index is 11.9. The molecule has 0 radical (unpaired) electrons. The Morgan fingerprint density at radius 3 is 2.74 bits per heavy atom. The summed E-state index contributed by atoms with van der Waals surface area (Å²) < 4.78 is 1.52. The topological polar surface area (TPSA) is 84.2 Å². The van der Waals surface area contributed by atoms with Crippen LogP contribution in [0.15, 0.2) is 18.2 Å². The molecule has 1 amide bonds. The van der Waals surface area contributed by atoms with Gasteiger partial charge in [-0.05, 0) is 25.1 Å². The van der Waals surface area contributed by atoms with Crippen molar-refractivity contribution in [3.05, 3.63) is 39.3 Å². The Morgan fingerprint density at radius 1 is 1.47 bits per heavy atom. The fourth-order valence-electron chi connectivity index (χ4n) is 1.67. The molecule has 0 aliphatic heterocycles.